The predicted octanol–water partition coefficient (Wildman–Crippen LogP) is 0.999. The Kier molecular flexibility index (Phi) is 2.12. The van der Waals surface area contributed by atoms with Gasteiger partial charge in [0.25, 0.3) is 0 Å². The molecule has 3 unspecified atom stereocenters. The van der Waals surface area contributed by atoms with Gasteiger partial charge in [-0.25, -0.2) is 0 Å². The Balaban J connectivity index is 1.81. The lowest BCUT2D eigenvalue weighted by Crippen LogP contribution is -2.38. The van der Waals surface area contributed by atoms with Crippen molar-refractivity contribution in [2.75, 3.05) is 0 Å². The summed E-state index contributed by atoms with van der Waals surface area (Å²) in [6.07, 6.45) is 4.03. The first kappa shape index (κ1) is 8.75. The quantitative estimate of drug-likeness (QED) is 0.510. The molecule has 0 bridgehead atoms. The van der Waals surface area contributed by atoms with E-state index in [0.717, 1.165) is 19.3 Å². The Labute approximate surface area is 78.1 Å². The summed E-state index contributed by atoms with van der Waals surface area (Å²) >= 11 is 0. The number of rotatable bonds is 2. The lowest BCUT2D eigenvalue weighted by molar-refractivity contribution is -0.118. The van der Waals surface area contributed by atoms with Crippen molar-refractivity contribution in [1.82, 2.24) is 5.32 Å². The molecule has 1 saturated carbocycles. The predicted molar refractivity (Wildman–Crippen MR) is 49.3 cm³/mol. The molecule has 1 heterocycles. The Morgan fingerprint density at radius 2 is 2.23 bits per heavy atom. The van der Waals surface area contributed by atoms with Crippen molar-refractivity contribution in [3.05, 3.63) is 12.2 Å². The first-order chi connectivity index (χ1) is 6.16. The maximum absolute atomic E-state index is 11.3. The van der Waals surface area contributed by atoms with Crippen LogP contribution < -0.4 is 5.32 Å². The fourth-order valence-electron chi connectivity index (χ4n) is 1.84. The fourth-order valence-corrected chi connectivity index (χ4v) is 1.84. The zero-order valence-electron chi connectivity index (χ0n) is 7.88. The molecule has 0 spiro atoms. The van der Waals surface area contributed by atoms with E-state index in [1.165, 1.54) is 0 Å². The van der Waals surface area contributed by atoms with Gasteiger partial charge in [-0.2, -0.15) is 0 Å². The lowest BCUT2D eigenvalue weighted by Gasteiger charge is -2.20. The Hall–Kier alpha value is -0.830. The molecule has 1 aliphatic carbocycles. The van der Waals surface area contributed by atoms with Crippen LogP contribution in [0.1, 0.15) is 26.2 Å². The molecular weight excluding hydrogens is 166 g/mol. The molecule has 2 aliphatic rings. The van der Waals surface area contributed by atoms with Crippen LogP contribution in [0.5, 0.6) is 0 Å². The van der Waals surface area contributed by atoms with Crippen LogP contribution in [0.4, 0.5) is 0 Å². The van der Waals surface area contributed by atoms with Crippen molar-refractivity contribution >= 4 is 5.91 Å². The number of hydrogen-bond donors (Lipinski definition) is 1. The van der Waals surface area contributed by atoms with Crippen molar-refractivity contribution in [1.29, 1.82) is 0 Å². The molecule has 0 aromatic rings. The van der Waals surface area contributed by atoms with Crippen molar-refractivity contribution in [2.45, 2.75) is 44.4 Å². The van der Waals surface area contributed by atoms with E-state index in [1.54, 1.807) is 6.92 Å². The molecule has 3 atom stereocenters. The largest absolute Gasteiger partial charge is 0.370 e. The highest BCUT2D eigenvalue weighted by atomic mass is 16.6. The van der Waals surface area contributed by atoms with E-state index in [1.807, 2.05) is 0 Å². The zero-order valence-corrected chi connectivity index (χ0v) is 7.88. The Morgan fingerprint density at radius 3 is 2.85 bits per heavy atom. The van der Waals surface area contributed by atoms with Gasteiger partial charge in [-0.05, 0) is 26.2 Å². The molecule has 72 valence electrons. The van der Waals surface area contributed by atoms with E-state index in [4.69, 9.17) is 4.74 Å². The molecule has 2 fully saturated rings. The number of nitrogens with one attached hydrogen (secondary N) is 1. The van der Waals surface area contributed by atoms with Crippen molar-refractivity contribution in [2.24, 2.45) is 0 Å². The highest BCUT2D eigenvalue weighted by molar-refractivity contribution is 5.92. The van der Waals surface area contributed by atoms with Gasteiger partial charge in [0.1, 0.15) is 0 Å². The van der Waals surface area contributed by atoms with Gasteiger partial charge in [0.2, 0.25) is 5.91 Å². The number of fused-ring (bicyclic) bond motifs is 1. The van der Waals surface area contributed by atoms with Crippen molar-refractivity contribution < 1.29 is 9.53 Å². The van der Waals surface area contributed by atoms with Gasteiger partial charge < -0.3 is 10.1 Å². The summed E-state index contributed by atoms with van der Waals surface area (Å²) in [6, 6.07) is 0.299. The molecule has 0 aromatic heterocycles. The van der Waals surface area contributed by atoms with Gasteiger partial charge in [-0.1, -0.05) is 6.58 Å². The summed E-state index contributed by atoms with van der Waals surface area (Å²) in [7, 11) is 0. The highest BCUT2D eigenvalue weighted by Gasteiger charge is 2.44. The minimum atomic E-state index is -0.0240. The molecule has 2 rings (SSSR count). The summed E-state index contributed by atoms with van der Waals surface area (Å²) in [5, 5.41) is 2.96. The van der Waals surface area contributed by atoms with Crippen LogP contribution >= 0.6 is 0 Å². The second-order valence-corrected chi connectivity index (χ2v) is 3.98. The summed E-state index contributed by atoms with van der Waals surface area (Å²) < 4.78 is 5.38. The molecule has 1 saturated heterocycles. The average molecular weight is 181 g/mol. The van der Waals surface area contributed by atoms with Gasteiger partial charge in [0, 0.05) is 11.6 Å². The molecule has 1 N–H and O–H groups in total. The smallest absolute Gasteiger partial charge is 0.246 e. The van der Waals surface area contributed by atoms with Crippen molar-refractivity contribution in [3.8, 4) is 0 Å². The van der Waals surface area contributed by atoms with Crippen LogP contribution in [0.3, 0.4) is 0 Å². The molecule has 1 aliphatic heterocycles. The summed E-state index contributed by atoms with van der Waals surface area (Å²) in [5.74, 6) is -0.0240. The number of hydrogen-bond acceptors (Lipinski definition) is 2. The second kappa shape index (κ2) is 3.14. The van der Waals surface area contributed by atoms with E-state index in [9.17, 15) is 4.79 Å². The van der Waals surface area contributed by atoms with E-state index in [2.05, 4.69) is 11.9 Å². The van der Waals surface area contributed by atoms with Crippen LogP contribution in [-0.2, 0) is 9.53 Å². The van der Waals surface area contributed by atoms with Gasteiger partial charge in [0.15, 0.2) is 0 Å². The van der Waals surface area contributed by atoms with Crippen LogP contribution in [-0.4, -0.2) is 24.2 Å². The van der Waals surface area contributed by atoms with Gasteiger partial charge >= 0.3 is 0 Å². The molecule has 0 aromatic carbocycles. The summed E-state index contributed by atoms with van der Waals surface area (Å²) in [6.45, 7) is 5.34. The van der Waals surface area contributed by atoms with E-state index < -0.39 is 0 Å². The highest BCUT2D eigenvalue weighted by Crippen LogP contribution is 2.36. The SMILES string of the molecule is C=C(C)C(=O)NC1CCC2OC2C1. The number of epoxide rings is 1. The minimum Gasteiger partial charge on any atom is -0.370 e. The van der Waals surface area contributed by atoms with Crippen LogP contribution in [0.15, 0.2) is 12.2 Å². The standard InChI is InChI=1S/C10H15NO2/c1-6(2)10(12)11-7-3-4-8-9(5-7)13-8/h7-9H,1,3-5H2,2H3,(H,11,12). The number of carbonyl (C=O) groups is 1. The van der Waals surface area contributed by atoms with E-state index in [-0.39, 0.29) is 5.91 Å². The molecule has 13 heavy (non-hydrogen) atoms. The zero-order chi connectivity index (χ0) is 9.42. The molecule has 3 nitrogen and oxygen atoms in total. The van der Waals surface area contributed by atoms with Gasteiger partial charge in [-0.15, -0.1) is 0 Å². The normalized spacial score (nSPS) is 36.2. The summed E-state index contributed by atoms with van der Waals surface area (Å²) in [5.41, 5.74) is 0.582. The third-order valence-corrected chi connectivity index (χ3v) is 2.73. The van der Waals surface area contributed by atoms with Crippen molar-refractivity contribution in [3.63, 3.8) is 0 Å². The molecule has 3 heteroatoms. The Bertz CT molecular complexity index is 249. The van der Waals surface area contributed by atoms with E-state index in [0.29, 0.717) is 23.8 Å². The minimum absolute atomic E-state index is 0.0240. The average Bonchev–Trinajstić information content (AvgIpc) is 2.81. The van der Waals surface area contributed by atoms with Crippen LogP contribution in [0.2, 0.25) is 0 Å². The van der Waals surface area contributed by atoms with E-state index >= 15 is 0 Å². The Morgan fingerprint density at radius 1 is 1.46 bits per heavy atom. The second-order valence-electron chi connectivity index (χ2n) is 3.98. The maximum atomic E-state index is 11.3. The topological polar surface area (TPSA) is 41.6 Å². The monoisotopic (exact) mass is 181 g/mol. The third-order valence-electron chi connectivity index (χ3n) is 2.73. The first-order valence-corrected chi connectivity index (χ1v) is 4.78. The molecule has 1 amide bonds. The molecular formula is C10H15NO2. The van der Waals surface area contributed by atoms with Gasteiger partial charge in [0.05, 0.1) is 12.2 Å². The van der Waals surface area contributed by atoms with Gasteiger partial charge in [-0.3, -0.25) is 4.79 Å². The third kappa shape index (κ3) is 1.91. The maximum Gasteiger partial charge on any atom is 0.246 e. The molecule has 0 radical (unpaired) electrons. The lowest BCUT2D eigenvalue weighted by atomic mass is 9.95. The van der Waals surface area contributed by atoms with Crippen LogP contribution in [0, 0.1) is 0 Å². The number of amides is 1. The number of carbonyl (C=O) groups excluding carboxylic acids is 1. The fraction of sp³-hybridized carbons (Fsp3) is 0.700. The van der Waals surface area contributed by atoms with Crippen LogP contribution in [0.25, 0.3) is 0 Å². The first-order valence-electron chi connectivity index (χ1n) is 4.78. The summed E-state index contributed by atoms with van der Waals surface area (Å²) in [4.78, 5) is 11.3. The number of ether oxygens (including phenoxy) is 1.